The van der Waals surface area contributed by atoms with Crippen molar-refractivity contribution in [2.24, 2.45) is 0 Å². The van der Waals surface area contributed by atoms with Crippen LogP contribution < -0.4 is 0 Å². The van der Waals surface area contributed by atoms with Crippen LogP contribution in [0, 0.1) is 0 Å². The predicted octanol–water partition coefficient (Wildman–Crippen LogP) is 6.17. The molecule has 0 unspecified atom stereocenters. The van der Waals surface area contributed by atoms with Gasteiger partial charge in [-0.05, 0) is 43.1 Å². The highest BCUT2D eigenvalue weighted by molar-refractivity contribution is 7.60. The minimum atomic E-state index is 0.160. The van der Waals surface area contributed by atoms with Crippen LogP contribution in [0.5, 0.6) is 0 Å². The van der Waals surface area contributed by atoms with Gasteiger partial charge in [0.05, 0.1) is 0 Å². The Morgan fingerprint density at radius 3 is 1.95 bits per heavy atom. The summed E-state index contributed by atoms with van der Waals surface area (Å²) in [6, 6.07) is 0. The SMILES string of the molecule is C[C@H](C1=C=CC=C1)P(C1CCCCC1)C1CCCCC1. The average Bonchev–Trinajstić information content (AvgIpc) is 3.04. The van der Waals surface area contributed by atoms with Crippen molar-refractivity contribution in [1.29, 1.82) is 0 Å². The van der Waals surface area contributed by atoms with E-state index in [1.54, 1.807) is 0 Å². The van der Waals surface area contributed by atoms with Gasteiger partial charge >= 0.3 is 0 Å². The van der Waals surface area contributed by atoms with E-state index in [1.807, 2.05) is 0 Å². The first-order chi connectivity index (χ1) is 9.86. The fourth-order valence-electron chi connectivity index (χ4n) is 4.45. The lowest BCUT2D eigenvalue weighted by atomic mass is 9.99. The van der Waals surface area contributed by atoms with Gasteiger partial charge in [0.15, 0.2) is 0 Å². The summed E-state index contributed by atoms with van der Waals surface area (Å²) in [6.45, 7) is 2.51. The molecular weight excluding hydrogens is 259 g/mol. The summed E-state index contributed by atoms with van der Waals surface area (Å²) < 4.78 is 0. The molecule has 1 heteroatoms. The Labute approximate surface area is 126 Å². The maximum absolute atomic E-state index is 3.51. The van der Waals surface area contributed by atoms with Crippen molar-refractivity contribution in [3.05, 3.63) is 29.5 Å². The van der Waals surface area contributed by atoms with Gasteiger partial charge in [-0.2, -0.15) is 0 Å². The fraction of sp³-hybridized carbons (Fsp3) is 0.737. The standard InChI is InChI=1S/C19H29P/c1-16(17-10-8-9-11-17)20(18-12-4-2-5-13-18)19-14-6-3-7-15-19/h8-10,16,18-19H,2-7,12-15H2,1H3/t16-/m1/s1. The van der Waals surface area contributed by atoms with Crippen molar-refractivity contribution in [2.75, 3.05) is 0 Å². The van der Waals surface area contributed by atoms with E-state index in [0.29, 0.717) is 0 Å². The first-order valence-electron chi connectivity index (χ1n) is 8.77. The second-order valence-electron chi connectivity index (χ2n) is 6.83. The molecule has 0 aromatic heterocycles. The normalized spacial score (nSPS) is 26.2. The zero-order chi connectivity index (χ0) is 13.8. The molecule has 2 saturated carbocycles. The van der Waals surface area contributed by atoms with Crippen molar-refractivity contribution in [3.8, 4) is 0 Å². The molecule has 0 radical (unpaired) electrons. The monoisotopic (exact) mass is 288 g/mol. The second kappa shape index (κ2) is 7.11. The van der Waals surface area contributed by atoms with Crippen molar-refractivity contribution in [1.82, 2.24) is 0 Å². The third-order valence-electron chi connectivity index (χ3n) is 5.51. The molecule has 0 aromatic carbocycles. The van der Waals surface area contributed by atoms with Crippen molar-refractivity contribution in [3.63, 3.8) is 0 Å². The third-order valence-corrected chi connectivity index (χ3v) is 9.40. The van der Waals surface area contributed by atoms with Crippen LogP contribution in [0.25, 0.3) is 0 Å². The second-order valence-corrected chi connectivity index (χ2v) is 9.96. The molecule has 0 heterocycles. The summed E-state index contributed by atoms with van der Waals surface area (Å²) in [5, 5.41) is 0. The van der Waals surface area contributed by atoms with Crippen LogP contribution >= 0.6 is 7.92 Å². The molecule has 0 amide bonds. The van der Waals surface area contributed by atoms with E-state index in [0.717, 1.165) is 17.0 Å². The first-order valence-corrected chi connectivity index (χ1v) is 10.3. The maximum Gasteiger partial charge on any atom is 0.00918 e. The molecule has 0 bridgehead atoms. The molecule has 3 aliphatic rings. The summed E-state index contributed by atoms with van der Waals surface area (Å²) in [5.74, 6) is 0. The molecule has 20 heavy (non-hydrogen) atoms. The molecule has 0 N–H and O–H groups in total. The summed E-state index contributed by atoms with van der Waals surface area (Å²) in [7, 11) is 0.160. The Kier molecular flexibility index (Phi) is 5.19. The van der Waals surface area contributed by atoms with Crippen LogP contribution in [0.2, 0.25) is 0 Å². The van der Waals surface area contributed by atoms with Gasteiger partial charge in [-0.15, -0.1) is 5.73 Å². The van der Waals surface area contributed by atoms with Gasteiger partial charge in [-0.25, -0.2) is 0 Å². The average molecular weight is 288 g/mol. The molecule has 0 nitrogen and oxygen atoms in total. The van der Waals surface area contributed by atoms with Crippen molar-refractivity contribution >= 4 is 7.92 Å². The van der Waals surface area contributed by atoms with Gasteiger partial charge in [0, 0.05) is 11.2 Å². The molecule has 3 rings (SSSR count). The van der Waals surface area contributed by atoms with Gasteiger partial charge < -0.3 is 0 Å². The Morgan fingerprint density at radius 2 is 1.50 bits per heavy atom. The van der Waals surface area contributed by atoms with Crippen molar-refractivity contribution < 1.29 is 0 Å². The molecule has 110 valence electrons. The van der Waals surface area contributed by atoms with Crippen LogP contribution in [0.4, 0.5) is 0 Å². The predicted molar refractivity (Wildman–Crippen MR) is 90.9 cm³/mol. The summed E-state index contributed by atoms with van der Waals surface area (Å²) >= 11 is 0. The van der Waals surface area contributed by atoms with Crippen LogP contribution in [0.3, 0.4) is 0 Å². The lowest BCUT2D eigenvalue weighted by Crippen LogP contribution is -2.26. The van der Waals surface area contributed by atoms with E-state index in [1.165, 1.54) is 69.8 Å². The molecule has 0 aliphatic heterocycles. The number of hydrogen-bond donors (Lipinski definition) is 0. The van der Waals surface area contributed by atoms with Gasteiger partial charge in [0.25, 0.3) is 0 Å². The fourth-order valence-corrected chi connectivity index (χ4v) is 8.72. The number of allylic oxidation sites excluding steroid dienone is 3. The largest absolute Gasteiger partial charge is 0.117 e. The number of hydrogen-bond acceptors (Lipinski definition) is 0. The highest BCUT2D eigenvalue weighted by Crippen LogP contribution is 2.60. The van der Waals surface area contributed by atoms with E-state index in [4.69, 9.17) is 0 Å². The summed E-state index contributed by atoms with van der Waals surface area (Å²) in [5.41, 5.74) is 7.91. The molecule has 0 aromatic rings. The first kappa shape index (κ1) is 14.6. The van der Waals surface area contributed by atoms with Crippen LogP contribution in [0.15, 0.2) is 29.5 Å². The van der Waals surface area contributed by atoms with E-state index in [2.05, 4.69) is 30.9 Å². The van der Waals surface area contributed by atoms with E-state index in [-0.39, 0.29) is 7.92 Å². The zero-order valence-electron chi connectivity index (χ0n) is 13.0. The molecule has 3 aliphatic carbocycles. The molecule has 0 spiro atoms. The van der Waals surface area contributed by atoms with Crippen molar-refractivity contribution in [2.45, 2.75) is 88.1 Å². The zero-order valence-corrected chi connectivity index (χ0v) is 13.9. The highest BCUT2D eigenvalue weighted by Gasteiger charge is 2.35. The summed E-state index contributed by atoms with van der Waals surface area (Å²) in [6.07, 6.45) is 21.7. The lowest BCUT2D eigenvalue weighted by molar-refractivity contribution is 0.482. The third kappa shape index (κ3) is 3.29. The van der Waals surface area contributed by atoms with Gasteiger partial charge in [-0.1, -0.05) is 65.5 Å². The van der Waals surface area contributed by atoms with Crippen LogP contribution in [-0.4, -0.2) is 17.0 Å². The van der Waals surface area contributed by atoms with Crippen LogP contribution in [0.1, 0.15) is 71.1 Å². The molecule has 2 fully saturated rings. The molecule has 1 atom stereocenters. The molecular formula is C19H29P. The highest BCUT2D eigenvalue weighted by atomic mass is 31.1. The quantitative estimate of drug-likeness (QED) is 0.428. The summed E-state index contributed by atoms with van der Waals surface area (Å²) in [4.78, 5) is 0. The van der Waals surface area contributed by atoms with Gasteiger partial charge in [0.1, 0.15) is 0 Å². The Balaban J connectivity index is 1.77. The van der Waals surface area contributed by atoms with Gasteiger partial charge in [0.2, 0.25) is 0 Å². The Bertz CT molecular complexity index is 383. The topological polar surface area (TPSA) is 0 Å². The van der Waals surface area contributed by atoms with Gasteiger partial charge in [-0.3, -0.25) is 0 Å². The van der Waals surface area contributed by atoms with Crippen LogP contribution in [-0.2, 0) is 0 Å². The van der Waals surface area contributed by atoms with E-state index >= 15 is 0 Å². The Morgan fingerprint density at radius 1 is 0.950 bits per heavy atom. The smallest absolute Gasteiger partial charge is 0.00918 e. The lowest BCUT2D eigenvalue weighted by Gasteiger charge is -2.42. The minimum Gasteiger partial charge on any atom is -0.117 e. The van der Waals surface area contributed by atoms with E-state index in [9.17, 15) is 0 Å². The number of rotatable bonds is 4. The Hall–Kier alpha value is -0.310. The van der Waals surface area contributed by atoms with E-state index < -0.39 is 0 Å². The minimum absolute atomic E-state index is 0.160. The maximum atomic E-state index is 3.51. The molecule has 0 saturated heterocycles.